The van der Waals surface area contributed by atoms with Crippen molar-refractivity contribution < 1.29 is 31.1 Å². The number of nitrogens with two attached hydrogens (primary N) is 1. The van der Waals surface area contributed by atoms with Crippen molar-refractivity contribution in [2.75, 3.05) is 0 Å². The Morgan fingerprint density at radius 2 is 1.74 bits per heavy atom. The molecule has 4 aromatic rings. The minimum atomic E-state index is -4.99. The highest BCUT2D eigenvalue weighted by atomic mass is 19.4. The molecule has 1 radical (unpaired) electrons. The van der Waals surface area contributed by atoms with Crippen LogP contribution in [0.25, 0.3) is 21.8 Å². The smallest absolute Gasteiger partial charge is 0.366 e. The van der Waals surface area contributed by atoms with Crippen LogP contribution >= 0.6 is 0 Å². The molecular weight excluding hydrogens is 458 g/mol. The van der Waals surface area contributed by atoms with Gasteiger partial charge in [-0.25, -0.2) is 0 Å². The fraction of sp³-hybridized carbons (Fsp3) is 0.240. The molecule has 1 amide bonds. The highest BCUT2D eigenvalue weighted by molar-refractivity contribution is 6.17. The highest BCUT2D eigenvalue weighted by Crippen LogP contribution is 2.39. The number of halogens is 6. The summed E-state index contributed by atoms with van der Waals surface area (Å²) < 4.78 is 82.1. The van der Waals surface area contributed by atoms with Crippen LogP contribution in [-0.2, 0) is 25.3 Å². The average molecular weight is 477 g/mol. The Hall–Kier alpha value is -3.49. The molecule has 0 saturated carbocycles. The van der Waals surface area contributed by atoms with E-state index in [9.17, 15) is 31.1 Å². The first-order valence-electron chi connectivity index (χ1n) is 10.4. The Morgan fingerprint density at radius 3 is 2.35 bits per heavy atom. The van der Waals surface area contributed by atoms with Crippen molar-refractivity contribution in [3.63, 3.8) is 0 Å². The minimum Gasteiger partial charge on any atom is -0.366 e. The first kappa shape index (κ1) is 23.7. The first-order chi connectivity index (χ1) is 15.9. The van der Waals surface area contributed by atoms with Gasteiger partial charge in [0.1, 0.15) is 0 Å². The monoisotopic (exact) mass is 477 g/mol. The van der Waals surface area contributed by atoms with E-state index in [1.165, 1.54) is 6.07 Å². The fourth-order valence-electron chi connectivity index (χ4n) is 4.23. The van der Waals surface area contributed by atoms with Crippen molar-refractivity contribution >= 4 is 27.7 Å². The van der Waals surface area contributed by atoms with E-state index in [0.717, 1.165) is 18.1 Å². The Kier molecular flexibility index (Phi) is 5.83. The van der Waals surface area contributed by atoms with Crippen molar-refractivity contribution in [1.82, 2.24) is 4.57 Å². The zero-order valence-corrected chi connectivity index (χ0v) is 17.9. The van der Waals surface area contributed by atoms with Gasteiger partial charge in [0.15, 0.2) is 0 Å². The molecule has 0 spiro atoms. The van der Waals surface area contributed by atoms with Gasteiger partial charge in [0, 0.05) is 22.9 Å². The summed E-state index contributed by atoms with van der Waals surface area (Å²) in [5.41, 5.74) is 4.49. The molecule has 0 aliphatic carbocycles. The molecule has 1 aromatic heterocycles. The van der Waals surface area contributed by atoms with E-state index in [2.05, 4.69) is 6.07 Å². The number of alkyl halides is 6. The Labute approximate surface area is 190 Å². The van der Waals surface area contributed by atoms with Gasteiger partial charge in [0.05, 0.1) is 22.2 Å². The average Bonchev–Trinajstić information content (AvgIpc) is 3.06. The first-order valence-corrected chi connectivity index (χ1v) is 10.4. The standard InChI is InChI=1S/C25H19F6N2O/c1-2-4-14-7-10-17-21(11-14)33(20-6-3-5-18(22(17)20)23(32)34)13-15-8-9-16(24(26,27)28)12-19(15)25(29,30)31/h3,5-9,11-12H,2,4,13H2,1H3,(H2,32,34). The van der Waals surface area contributed by atoms with Gasteiger partial charge in [-0.1, -0.05) is 31.5 Å². The van der Waals surface area contributed by atoms with E-state index in [-0.39, 0.29) is 23.7 Å². The molecule has 0 fully saturated rings. The van der Waals surface area contributed by atoms with Gasteiger partial charge in [-0.2, -0.15) is 26.3 Å². The Morgan fingerprint density at radius 1 is 1.00 bits per heavy atom. The molecule has 0 unspecified atom stereocenters. The summed E-state index contributed by atoms with van der Waals surface area (Å²) in [6.07, 6.45) is -8.38. The normalized spacial score (nSPS) is 12.6. The number of benzene rings is 3. The van der Waals surface area contributed by atoms with Crippen LogP contribution in [-0.4, -0.2) is 10.5 Å². The second kappa shape index (κ2) is 8.38. The molecule has 3 aromatic carbocycles. The molecule has 3 nitrogen and oxygen atoms in total. The van der Waals surface area contributed by atoms with Gasteiger partial charge >= 0.3 is 12.4 Å². The number of carbonyl (C=O) groups is 1. The van der Waals surface area contributed by atoms with Gasteiger partial charge in [0.25, 0.3) is 0 Å². The molecule has 1 heterocycles. The number of primary amides is 1. The SMILES string of the molecule is CCCc1c[c]c2c3c(C(N)=O)cccc3n(Cc3ccc(C(F)(F)F)cc3C(F)(F)F)c2c1. The lowest BCUT2D eigenvalue weighted by atomic mass is 10.0. The lowest BCUT2D eigenvalue weighted by molar-refractivity contribution is -0.143. The largest absolute Gasteiger partial charge is 0.416 e. The Bertz CT molecular complexity index is 1400. The van der Waals surface area contributed by atoms with Crippen molar-refractivity contribution in [3.05, 3.63) is 82.4 Å². The summed E-state index contributed by atoms with van der Waals surface area (Å²) in [6, 6.07) is 13.0. The van der Waals surface area contributed by atoms with E-state index in [1.807, 2.05) is 6.92 Å². The quantitative estimate of drug-likeness (QED) is 0.318. The zero-order valence-electron chi connectivity index (χ0n) is 17.9. The number of fused-ring (bicyclic) bond motifs is 3. The van der Waals surface area contributed by atoms with Crippen LogP contribution in [0, 0.1) is 6.07 Å². The number of nitrogens with zero attached hydrogens (tertiary/aromatic N) is 1. The third-order valence-electron chi connectivity index (χ3n) is 5.73. The number of carbonyl (C=O) groups excluding carboxylic acids is 1. The van der Waals surface area contributed by atoms with E-state index in [0.29, 0.717) is 34.3 Å². The number of hydrogen-bond acceptors (Lipinski definition) is 1. The molecule has 34 heavy (non-hydrogen) atoms. The maximum absolute atomic E-state index is 13.8. The molecule has 2 N–H and O–H groups in total. The summed E-state index contributed by atoms with van der Waals surface area (Å²) in [5.74, 6) is -0.707. The van der Waals surface area contributed by atoms with Crippen molar-refractivity contribution in [2.24, 2.45) is 5.73 Å². The topological polar surface area (TPSA) is 48.0 Å². The summed E-state index contributed by atoms with van der Waals surface area (Å²) >= 11 is 0. The predicted octanol–water partition coefficient (Wildman–Crippen LogP) is 6.73. The third kappa shape index (κ3) is 4.22. The van der Waals surface area contributed by atoms with E-state index < -0.39 is 29.4 Å². The van der Waals surface area contributed by atoms with Crippen LogP contribution in [0.4, 0.5) is 26.3 Å². The van der Waals surface area contributed by atoms with Crippen molar-refractivity contribution in [2.45, 2.75) is 38.7 Å². The van der Waals surface area contributed by atoms with Crippen LogP contribution in [0.15, 0.2) is 48.5 Å². The van der Waals surface area contributed by atoms with Gasteiger partial charge in [-0.05, 0) is 53.9 Å². The summed E-state index contributed by atoms with van der Waals surface area (Å²) in [5, 5.41) is 0.943. The molecule has 177 valence electrons. The van der Waals surface area contributed by atoms with Crippen LogP contribution in [0.5, 0.6) is 0 Å². The molecule has 0 atom stereocenters. The zero-order chi connectivity index (χ0) is 24.8. The van der Waals surface area contributed by atoms with Crippen molar-refractivity contribution in [1.29, 1.82) is 0 Å². The van der Waals surface area contributed by atoms with Gasteiger partial charge in [-0.15, -0.1) is 0 Å². The Balaban J connectivity index is 2.00. The molecular formula is C25H19F6N2O. The van der Waals surface area contributed by atoms with E-state index in [4.69, 9.17) is 5.73 Å². The van der Waals surface area contributed by atoms with Gasteiger partial charge in [-0.3, -0.25) is 4.79 Å². The second-order valence-corrected chi connectivity index (χ2v) is 8.04. The molecule has 0 saturated heterocycles. The summed E-state index contributed by atoms with van der Waals surface area (Å²) in [7, 11) is 0. The fourth-order valence-corrected chi connectivity index (χ4v) is 4.23. The van der Waals surface area contributed by atoms with E-state index in [1.54, 1.807) is 28.8 Å². The summed E-state index contributed by atoms with van der Waals surface area (Å²) in [6.45, 7) is 1.61. The van der Waals surface area contributed by atoms with Gasteiger partial charge < -0.3 is 10.3 Å². The predicted molar refractivity (Wildman–Crippen MR) is 116 cm³/mol. The third-order valence-corrected chi connectivity index (χ3v) is 5.73. The summed E-state index contributed by atoms with van der Waals surface area (Å²) in [4.78, 5) is 12.1. The maximum Gasteiger partial charge on any atom is 0.416 e. The number of amides is 1. The minimum absolute atomic E-state index is 0.132. The molecule has 9 heteroatoms. The number of aryl methyl sites for hydroxylation is 1. The van der Waals surface area contributed by atoms with Crippen molar-refractivity contribution in [3.8, 4) is 0 Å². The molecule has 0 bridgehead atoms. The molecule has 4 rings (SSSR count). The lowest BCUT2D eigenvalue weighted by Gasteiger charge is -2.17. The lowest BCUT2D eigenvalue weighted by Crippen LogP contribution is -2.15. The number of hydrogen-bond donors (Lipinski definition) is 1. The van der Waals surface area contributed by atoms with Crippen LogP contribution in [0.2, 0.25) is 0 Å². The second-order valence-electron chi connectivity index (χ2n) is 8.04. The van der Waals surface area contributed by atoms with Crippen LogP contribution < -0.4 is 5.73 Å². The van der Waals surface area contributed by atoms with Crippen LogP contribution in [0.1, 0.15) is 46.0 Å². The van der Waals surface area contributed by atoms with E-state index >= 15 is 0 Å². The number of aromatic nitrogens is 1. The number of rotatable bonds is 5. The molecule has 0 aliphatic heterocycles. The van der Waals surface area contributed by atoms with Crippen LogP contribution in [0.3, 0.4) is 0 Å². The highest BCUT2D eigenvalue weighted by Gasteiger charge is 2.38. The molecule has 0 aliphatic rings. The van der Waals surface area contributed by atoms with Gasteiger partial charge in [0.2, 0.25) is 5.91 Å². The maximum atomic E-state index is 13.8.